The molecule has 3 atom stereocenters. The van der Waals surface area contributed by atoms with E-state index in [1.807, 2.05) is 18.2 Å². The quantitative estimate of drug-likeness (QED) is 0.867. The van der Waals surface area contributed by atoms with Gasteiger partial charge in [0.05, 0.1) is 22.6 Å². The molecule has 2 aromatic rings. The van der Waals surface area contributed by atoms with E-state index < -0.39 is 5.76 Å². The van der Waals surface area contributed by atoms with Gasteiger partial charge in [0, 0.05) is 0 Å². The van der Waals surface area contributed by atoms with Gasteiger partial charge < -0.3 is 9.15 Å². The number of hydrogen-bond donors (Lipinski definition) is 1. The van der Waals surface area contributed by atoms with Crippen molar-refractivity contribution in [3.63, 3.8) is 0 Å². The standard InChI is InChI=1S/C13H14BrNO3/c1-7-2-5-10(17-7)12(14)8-3-4-9-11(6-8)18-13(16)15-9/h3-4,6-7,10,12H,2,5H2,1H3,(H,15,16). The average molecular weight is 312 g/mol. The highest BCUT2D eigenvalue weighted by atomic mass is 79.9. The third kappa shape index (κ3) is 2.12. The molecular weight excluding hydrogens is 298 g/mol. The van der Waals surface area contributed by atoms with E-state index in [9.17, 15) is 4.79 Å². The zero-order chi connectivity index (χ0) is 12.7. The maximum Gasteiger partial charge on any atom is 0.417 e. The fraction of sp³-hybridized carbons (Fsp3) is 0.462. The van der Waals surface area contributed by atoms with Crippen LogP contribution in [0.3, 0.4) is 0 Å². The number of fused-ring (bicyclic) bond motifs is 1. The Morgan fingerprint density at radius 2 is 2.28 bits per heavy atom. The van der Waals surface area contributed by atoms with Crippen molar-refractivity contribution < 1.29 is 9.15 Å². The van der Waals surface area contributed by atoms with Gasteiger partial charge in [-0.15, -0.1) is 0 Å². The van der Waals surface area contributed by atoms with Gasteiger partial charge in [-0.3, -0.25) is 4.98 Å². The van der Waals surface area contributed by atoms with Crippen molar-refractivity contribution in [1.29, 1.82) is 0 Å². The molecule has 1 N–H and O–H groups in total. The van der Waals surface area contributed by atoms with Crippen LogP contribution < -0.4 is 5.76 Å². The minimum absolute atomic E-state index is 0.132. The zero-order valence-corrected chi connectivity index (χ0v) is 11.6. The molecule has 1 aliphatic rings. The molecule has 5 heteroatoms. The first-order valence-corrected chi connectivity index (χ1v) is 6.97. The van der Waals surface area contributed by atoms with Crippen LogP contribution in [0.1, 0.15) is 30.2 Å². The second-order valence-corrected chi connectivity index (χ2v) is 5.72. The zero-order valence-electron chi connectivity index (χ0n) is 9.98. The van der Waals surface area contributed by atoms with Crippen molar-refractivity contribution in [1.82, 2.24) is 4.98 Å². The van der Waals surface area contributed by atoms with E-state index in [1.165, 1.54) is 0 Å². The van der Waals surface area contributed by atoms with Gasteiger partial charge in [0.15, 0.2) is 5.58 Å². The van der Waals surface area contributed by atoms with E-state index in [2.05, 4.69) is 27.8 Å². The molecule has 2 heterocycles. The van der Waals surface area contributed by atoms with Crippen molar-refractivity contribution in [3.8, 4) is 0 Å². The van der Waals surface area contributed by atoms with E-state index in [-0.39, 0.29) is 10.9 Å². The van der Waals surface area contributed by atoms with Crippen LogP contribution in [0.5, 0.6) is 0 Å². The number of aromatic nitrogens is 1. The number of nitrogens with one attached hydrogen (secondary N) is 1. The summed E-state index contributed by atoms with van der Waals surface area (Å²) in [4.78, 5) is 13.9. The SMILES string of the molecule is CC1CCC(C(Br)c2ccc3[nH]c(=O)oc3c2)O1. The van der Waals surface area contributed by atoms with Gasteiger partial charge >= 0.3 is 5.76 Å². The summed E-state index contributed by atoms with van der Waals surface area (Å²) < 4.78 is 10.9. The van der Waals surface area contributed by atoms with Crippen molar-refractivity contribution in [2.75, 3.05) is 0 Å². The Morgan fingerprint density at radius 1 is 1.44 bits per heavy atom. The molecular formula is C13H14BrNO3. The molecule has 3 unspecified atom stereocenters. The topological polar surface area (TPSA) is 55.2 Å². The number of alkyl halides is 1. The van der Waals surface area contributed by atoms with Crippen molar-refractivity contribution in [2.24, 2.45) is 0 Å². The molecule has 1 fully saturated rings. The molecule has 0 aliphatic carbocycles. The Kier molecular flexibility index (Phi) is 3.03. The molecule has 96 valence electrons. The highest BCUT2D eigenvalue weighted by Gasteiger charge is 2.29. The van der Waals surface area contributed by atoms with E-state index in [0.29, 0.717) is 11.7 Å². The van der Waals surface area contributed by atoms with Gasteiger partial charge in [-0.05, 0) is 37.5 Å². The summed E-state index contributed by atoms with van der Waals surface area (Å²) in [6, 6.07) is 5.74. The number of ether oxygens (including phenoxy) is 1. The molecule has 0 amide bonds. The first kappa shape index (κ1) is 12.0. The fourth-order valence-electron chi connectivity index (χ4n) is 2.40. The lowest BCUT2D eigenvalue weighted by molar-refractivity contribution is 0.0557. The Labute approximate surface area is 112 Å². The maximum absolute atomic E-state index is 11.1. The number of rotatable bonds is 2. The van der Waals surface area contributed by atoms with Gasteiger partial charge in [0.25, 0.3) is 0 Å². The van der Waals surface area contributed by atoms with Gasteiger partial charge in [0.1, 0.15) is 0 Å². The number of aromatic amines is 1. The molecule has 0 spiro atoms. The number of halogens is 1. The van der Waals surface area contributed by atoms with Crippen LogP contribution >= 0.6 is 15.9 Å². The van der Waals surface area contributed by atoms with E-state index in [1.54, 1.807) is 0 Å². The molecule has 1 aliphatic heterocycles. The molecule has 4 nitrogen and oxygen atoms in total. The van der Waals surface area contributed by atoms with Crippen molar-refractivity contribution in [3.05, 3.63) is 34.3 Å². The Bertz CT molecular complexity index is 618. The largest absolute Gasteiger partial charge is 0.417 e. The lowest BCUT2D eigenvalue weighted by atomic mass is 10.0. The average Bonchev–Trinajstić information content (AvgIpc) is 2.92. The number of H-pyrrole nitrogens is 1. The summed E-state index contributed by atoms with van der Waals surface area (Å²) in [6.45, 7) is 2.09. The second kappa shape index (κ2) is 4.55. The summed E-state index contributed by atoms with van der Waals surface area (Å²) in [7, 11) is 0. The van der Waals surface area contributed by atoms with Crippen LogP contribution in [-0.2, 0) is 4.74 Å². The van der Waals surface area contributed by atoms with Crippen LogP contribution in [0.15, 0.2) is 27.4 Å². The maximum atomic E-state index is 11.1. The Hall–Kier alpha value is -1.07. The van der Waals surface area contributed by atoms with Crippen LogP contribution in [0.2, 0.25) is 0 Å². The summed E-state index contributed by atoms with van der Waals surface area (Å²) >= 11 is 3.68. The third-order valence-electron chi connectivity index (χ3n) is 3.35. The number of oxazole rings is 1. The molecule has 18 heavy (non-hydrogen) atoms. The molecule has 0 bridgehead atoms. The minimum Gasteiger partial charge on any atom is -0.408 e. The summed E-state index contributed by atoms with van der Waals surface area (Å²) in [5.74, 6) is -0.418. The molecule has 0 radical (unpaired) electrons. The van der Waals surface area contributed by atoms with E-state index >= 15 is 0 Å². The molecule has 3 rings (SSSR count). The second-order valence-electron chi connectivity index (χ2n) is 4.73. The molecule has 1 saturated heterocycles. The number of benzene rings is 1. The first-order valence-electron chi connectivity index (χ1n) is 6.06. The minimum atomic E-state index is -0.418. The normalized spacial score (nSPS) is 25.7. The van der Waals surface area contributed by atoms with Crippen molar-refractivity contribution in [2.45, 2.75) is 36.8 Å². The smallest absolute Gasteiger partial charge is 0.408 e. The van der Waals surface area contributed by atoms with E-state index in [4.69, 9.17) is 9.15 Å². The molecule has 1 aromatic carbocycles. The van der Waals surface area contributed by atoms with Gasteiger partial charge in [0.2, 0.25) is 0 Å². The highest BCUT2D eigenvalue weighted by Crippen LogP contribution is 2.36. The van der Waals surface area contributed by atoms with Crippen LogP contribution in [0.25, 0.3) is 11.1 Å². The predicted octanol–water partition coefficient (Wildman–Crippen LogP) is 3.12. The van der Waals surface area contributed by atoms with Crippen molar-refractivity contribution >= 4 is 27.0 Å². The fourth-order valence-corrected chi connectivity index (χ4v) is 3.07. The van der Waals surface area contributed by atoms with Gasteiger partial charge in [-0.2, -0.15) is 0 Å². The monoisotopic (exact) mass is 311 g/mol. The van der Waals surface area contributed by atoms with Gasteiger partial charge in [-0.25, -0.2) is 4.79 Å². The summed E-state index contributed by atoms with van der Waals surface area (Å²) in [5.41, 5.74) is 2.39. The highest BCUT2D eigenvalue weighted by molar-refractivity contribution is 9.09. The third-order valence-corrected chi connectivity index (χ3v) is 4.47. The summed E-state index contributed by atoms with van der Waals surface area (Å²) in [6.07, 6.45) is 2.65. The first-order chi connectivity index (χ1) is 8.63. The lowest BCUT2D eigenvalue weighted by Gasteiger charge is -2.18. The Morgan fingerprint density at radius 3 is 3.00 bits per heavy atom. The van der Waals surface area contributed by atoms with Crippen LogP contribution in [0.4, 0.5) is 0 Å². The lowest BCUT2D eigenvalue weighted by Crippen LogP contribution is -2.14. The van der Waals surface area contributed by atoms with Gasteiger partial charge in [-0.1, -0.05) is 22.0 Å². The van der Waals surface area contributed by atoms with E-state index in [0.717, 1.165) is 23.9 Å². The molecule has 0 saturated carbocycles. The number of hydrogen-bond acceptors (Lipinski definition) is 3. The molecule has 1 aromatic heterocycles. The van der Waals surface area contributed by atoms with Crippen LogP contribution in [-0.4, -0.2) is 17.2 Å². The summed E-state index contributed by atoms with van der Waals surface area (Å²) in [5, 5.41) is 0. The van der Waals surface area contributed by atoms with Crippen LogP contribution in [0, 0.1) is 0 Å². The Balaban J connectivity index is 1.91. The predicted molar refractivity (Wildman–Crippen MR) is 72.1 cm³/mol.